The zero-order chi connectivity index (χ0) is 16.4. The molecule has 24 heavy (non-hydrogen) atoms. The number of benzene rings is 1. The molecule has 0 spiro atoms. The Bertz CT molecular complexity index is 922. The van der Waals surface area contributed by atoms with Gasteiger partial charge in [-0.3, -0.25) is 9.67 Å². The zero-order valence-electron chi connectivity index (χ0n) is 12.9. The monoisotopic (exact) mass is 321 g/mol. The summed E-state index contributed by atoms with van der Waals surface area (Å²) in [4.78, 5) is 7.46. The summed E-state index contributed by atoms with van der Waals surface area (Å²) in [5.41, 5.74) is 3.16. The SMILES string of the molecule is Fc1ccc(Cn2ccc(NCc3cc4cnccc4[nH]3)n2)cc1. The van der Waals surface area contributed by atoms with E-state index in [-0.39, 0.29) is 5.82 Å². The van der Waals surface area contributed by atoms with E-state index in [1.807, 2.05) is 29.2 Å². The van der Waals surface area contributed by atoms with Gasteiger partial charge >= 0.3 is 0 Å². The second-order valence-electron chi connectivity index (χ2n) is 5.64. The van der Waals surface area contributed by atoms with Gasteiger partial charge in [0.1, 0.15) is 11.6 Å². The lowest BCUT2D eigenvalue weighted by atomic mass is 10.2. The van der Waals surface area contributed by atoms with Crippen LogP contribution in [0.3, 0.4) is 0 Å². The minimum absolute atomic E-state index is 0.227. The molecule has 0 saturated carbocycles. The summed E-state index contributed by atoms with van der Waals surface area (Å²) in [6.45, 7) is 1.27. The van der Waals surface area contributed by atoms with E-state index >= 15 is 0 Å². The van der Waals surface area contributed by atoms with Crippen molar-refractivity contribution >= 4 is 16.7 Å². The molecule has 0 atom stereocenters. The van der Waals surface area contributed by atoms with Crippen molar-refractivity contribution in [3.63, 3.8) is 0 Å². The molecule has 0 fully saturated rings. The summed E-state index contributed by atoms with van der Waals surface area (Å²) in [5, 5.41) is 8.87. The number of hydrogen-bond acceptors (Lipinski definition) is 3. The first-order valence-corrected chi connectivity index (χ1v) is 7.70. The van der Waals surface area contributed by atoms with Crippen LogP contribution in [0.1, 0.15) is 11.3 Å². The van der Waals surface area contributed by atoms with Crippen LogP contribution in [0.25, 0.3) is 10.9 Å². The molecule has 2 N–H and O–H groups in total. The Balaban J connectivity index is 1.40. The smallest absolute Gasteiger partial charge is 0.148 e. The quantitative estimate of drug-likeness (QED) is 0.591. The molecule has 3 heterocycles. The number of aromatic nitrogens is 4. The maximum atomic E-state index is 12.9. The standard InChI is InChI=1S/C18H16FN5/c19-15-3-1-13(2-4-15)12-24-8-6-18(23-24)21-11-16-9-14-10-20-7-5-17(14)22-16/h1-10,22H,11-12H2,(H,21,23). The molecule has 0 aliphatic carbocycles. The predicted molar refractivity (Wildman–Crippen MR) is 91.1 cm³/mol. The zero-order valence-corrected chi connectivity index (χ0v) is 12.9. The molecular formula is C18H16FN5. The highest BCUT2D eigenvalue weighted by Crippen LogP contribution is 2.15. The van der Waals surface area contributed by atoms with Crippen LogP contribution in [0, 0.1) is 5.82 Å². The topological polar surface area (TPSA) is 58.5 Å². The second kappa shape index (κ2) is 6.16. The van der Waals surface area contributed by atoms with Gasteiger partial charge in [0, 0.05) is 41.3 Å². The molecule has 0 radical (unpaired) electrons. The minimum atomic E-state index is -0.227. The van der Waals surface area contributed by atoms with Crippen LogP contribution in [0.2, 0.25) is 0 Å². The number of anilines is 1. The van der Waals surface area contributed by atoms with E-state index in [0.29, 0.717) is 13.1 Å². The molecule has 0 unspecified atom stereocenters. The maximum absolute atomic E-state index is 12.9. The van der Waals surface area contributed by atoms with Crippen molar-refractivity contribution in [2.75, 3.05) is 5.32 Å². The van der Waals surface area contributed by atoms with E-state index < -0.39 is 0 Å². The summed E-state index contributed by atoms with van der Waals surface area (Å²) in [6, 6.07) is 12.4. The van der Waals surface area contributed by atoms with E-state index in [1.54, 1.807) is 18.3 Å². The first-order valence-electron chi connectivity index (χ1n) is 7.70. The third kappa shape index (κ3) is 3.12. The van der Waals surface area contributed by atoms with Gasteiger partial charge in [-0.1, -0.05) is 12.1 Å². The lowest BCUT2D eigenvalue weighted by Crippen LogP contribution is -2.03. The number of nitrogens with zero attached hydrogens (tertiary/aromatic N) is 3. The molecule has 1 aromatic carbocycles. The van der Waals surface area contributed by atoms with Gasteiger partial charge in [-0.2, -0.15) is 5.10 Å². The molecule has 0 saturated heterocycles. The molecule has 4 rings (SSSR count). The van der Waals surface area contributed by atoms with Crippen molar-refractivity contribution in [1.29, 1.82) is 0 Å². The Morgan fingerprint density at radius 3 is 2.83 bits per heavy atom. The highest BCUT2D eigenvalue weighted by atomic mass is 19.1. The Labute approximate surface area is 138 Å². The van der Waals surface area contributed by atoms with Crippen molar-refractivity contribution < 1.29 is 4.39 Å². The summed E-state index contributed by atoms with van der Waals surface area (Å²) in [7, 11) is 0. The molecule has 4 aromatic rings. The van der Waals surface area contributed by atoms with E-state index in [9.17, 15) is 4.39 Å². The highest BCUT2D eigenvalue weighted by Gasteiger charge is 2.03. The molecule has 120 valence electrons. The summed E-state index contributed by atoms with van der Waals surface area (Å²) in [6.07, 6.45) is 5.51. The molecule has 0 bridgehead atoms. The average Bonchev–Trinajstić information content (AvgIpc) is 3.21. The summed E-state index contributed by atoms with van der Waals surface area (Å²) < 4.78 is 14.8. The van der Waals surface area contributed by atoms with Crippen LogP contribution in [0.4, 0.5) is 10.2 Å². The van der Waals surface area contributed by atoms with Crippen LogP contribution in [0.15, 0.2) is 61.1 Å². The molecule has 3 aromatic heterocycles. The third-order valence-electron chi connectivity index (χ3n) is 3.84. The predicted octanol–water partition coefficient (Wildman–Crippen LogP) is 3.56. The van der Waals surface area contributed by atoms with E-state index in [0.717, 1.165) is 28.0 Å². The van der Waals surface area contributed by atoms with Crippen LogP contribution in [-0.2, 0) is 13.1 Å². The van der Waals surface area contributed by atoms with Crippen molar-refractivity contribution in [3.8, 4) is 0 Å². The molecule has 0 aliphatic rings. The number of rotatable bonds is 5. The molecular weight excluding hydrogens is 305 g/mol. The fraction of sp³-hybridized carbons (Fsp3) is 0.111. The van der Waals surface area contributed by atoms with Crippen molar-refractivity contribution in [3.05, 3.63) is 78.1 Å². The van der Waals surface area contributed by atoms with Gasteiger partial charge in [-0.15, -0.1) is 0 Å². The number of pyridine rings is 1. The van der Waals surface area contributed by atoms with Gasteiger partial charge < -0.3 is 10.3 Å². The fourth-order valence-corrected chi connectivity index (χ4v) is 2.63. The maximum Gasteiger partial charge on any atom is 0.148 e. The first-order chi connectivity index (χ1) is 11.8. The Morgan fingerprint density at radius 2 is 2.00 bits per heavy atom. The number of H-pyrrole nitrogens is 1. The number of halogens is 1. The second-order valence-corrected chi connectivity index (χ2v) is 5.64. The third-order valence-corrected chi connectivity index (χ3v) is 3.84. The largest absolute Gasteiger partial charge is 0.363 e. The van der Waals surface area contributed by atoms with Crippen LogP contribution in [0.5, 0.6) is 0 Å². The molecule has 5 nitrogen and oxygen atoms in total. The van der Waals surface area contributed by atoms with Gasteiger partial charge in [-0.25, -0.2) is 4.39 Å². The number of nitrogens with one attached hydrogen (secondary N) is 2. The first kappa shape index (κ1) is 14.4. The Hall–Kier alpha value is -3.15. The molecule has 6 heteroatoms. The van der Waals surface area contributed by atoms with E-state index in [1.165, 1.54) is 12.1 Å². The van der Waals surface area contributed by atoms with Crippen LogP contribution in [-0.4, -0.2) is 19.7 Å². The normalized spacial score (nSPS) is 11.0. The lowest BCUT2D eigenvalue weighted by Gasteiger charge is -2.03. The van der Waals surface area contributed by atoms with E-state index in [2.05, 4.69) is 26.4 Å². The summed E-state index contributed by atoms with van der Waals surface area (Å²) >= 11 is 0. The summed E-state index contributed by atoms with van der Waals surface area (Å²) in [5.74, 6) is 0.573. The molecule has 0 amide bonds. The Kier molecular flexibility index (Phi) is 3.70. The van der Waals surface area contributed by atoms with Crippen LogP contribution < -0.4 is 5.32 Å². The van der Waals surface area contributed by atoms with E-state index in [4.69, 9.17) is 0 Å². The van der Waals surface area contributed by atoms with Crippen LogP contribution >= 0.6 is 0 Å². The van der Waals surface area contributed by atoms with Gasteiger partial charge in [-0.05, 0) is 29.8 Å². The van der Waals surface area contributed by atoms with Crippen molar-refractivity contribution in [2.24, 2.45) is 0 Å². The minimum Gasteiger partial charge on any atom is -0.363 e. The Morgan fingerprint density at radius 1 is 1.12 bits per heavy atom. The van der Waals surface area contributed by atoms with Crippen molar-refractivity contribution in [2.45, 2.75) is 13.1 Å². The van der Waals surface area contributed by atoms with Gasteiger partial charge in [0.15, 0.2) is 0 Å². The average molecular weight is 321 g/mol. The highest BCUT2D eigenvalue weighted by molar-refractivity contribution is 5.79. The van der Waals surface area contributed by atoms with Crippen molar-refractivity contribution in [1.82, 2.24) is 19.7 Å². The number of fused-ring (bicyclic) bond motifs is 1. The number of hydrogen-bond donors (Lipinski definition) is 2. The van der Waals surface area contributed by atoms with Gasteiger partial charge in [0.05, 0.1) is 13.1 Å². The lowest BCUT2D eigenvalue weighted by molar-refractivity contribution is 0.624. The number of aromatic amines is 1. The fourth-order valence-electron chi connectivity index (χ4n) is 2.63. The molecule has 0 aliphatic heterocycles. The van der Waals surface area contributed by atoms with Gasteiger partial charge in [0.2, 0.25) is 0 Å². The van der Waals surface area contributed by atoms with Gasteiger partial charge in [0.25, 0.3) is 0 Å².